The lowest BCUT2D eigenvalue weighted by Gasteiger charge is -2.32. The van der Waals surface area contributed by atoms with Crippen LogP contribution in [0.25, 0.3) is 11.1 Å². The molecule has 4 atom stereocenters. The van der Waals surface area contributed by atoms with Gasteiger partial charge in [-0.05, 0) is 91.7 Å². The van der Waals surface area contributed by atoms with Crippen LogP contribution in [0.3, 0.4) is 0 Å². The molecule has 0 spiro atoms. The molecule has 4 rings (SSSR count). The van der Waals surface area contributed by atoms with E-state index in [-0.39, 0.29) is 36.7 Å². The molecule has 1 fully saturated rings. The first kappa shape index (κ1) is 31.3. The Hall–Kier alpha value is -3.67. The zero-order valence-electron chi connectivity index (χ0n) is 24.3. The van der Waals surface area contributed by atoms with Crippen molar-refractivity contribution in [3.63, 3.8) is 0 Å². The molecular weight excluding hydrogens is 536 g/mol. The Morgan fingerprint density at radius 2 is 1.69 bits per heavy atom. The monoisotopic (exact) mass is 580 g/mol. The largest absolute Gasteiger partial charge is 0.508 e. The van der Waals surface area contributed by atoms with Gasteiger partial charge in [-0.2, -0.15) is 0 Å². The van der Waals surface area contributed by atoms with Crippen molar-refractivity contribution in [2.45, 2.75) is 75.5 Å². The summed E-state index contributed by atoms with van der Waals surface area (Å²) in [6.07, 6.45) is 4.97. The number of nitrogens with zero attached hydrogens (tertiary/aromatic N) is 1. The van der Waals surface area contributed by atoms with E-state index in [1.807, 2.05) is 0 Å². The molecule has 9 N–H and O–H groups in total. The van der Waals surface area contributed by atoms with Gasteiger partial charge in [-0.3, -0.25) is 14.4 Å². The van der Waals surface area contributed by atoms with E-state index in [0.717, 1.165) is 43.4 Å². The maximum atomic E-state index is 13.8. The van der Waals surface area contributed by atoms with Crippen molar-refractivity contribution in [1.29, 1.82) is 0 Å². The fraction of sp³-hybridized carbons (Fsp3) is 0.516. The molecule has 0 radical (unpaired) electrons. The number of aromatic hydroxyl groups is 2. The normalized spacial score (nSPS) is 23.5. The second-order valence-corrected chi connectivity index (χ2v) is 11.4. The topological polar surface area (TPSA) is 183 Å². The van der Waals surface area contributed by atoms with Crippen LogP contribution in [0.5, 0.6) is 11.5 Å². The van der Waals surface area contributed by atoms with Crippen LogP contribution in [0.1, 0.15) is 49.7 Å². The molecule has 1 unspecified atom stereocenters. The van der Waals surface area contributed by atoms with Gasteiger partial charge < -0.3 is 42.5 Å². The van der Waals surface area contributed by atoms with Gasteiger partial charge in [0.2, 0.25) is 17.7 Å². The number of phenolic OH excluding ortho intramolecular Hbond substituents is 2. The minimum Gasteiger partial charge on any atom is -0.508 e. The number of nitrogens with two attached hydrogens (primary N) is 2. The molecule has 1 saturated heterocycles. The molecule has 2 heterocycles. The Balaban J connectivity index is 1.69. The van der Waals surface area contributed by atoms with E-state index in [2.05, 4.69) is 16.0 Å². The van der Waals surface area contributed by atoms with E-state index >= 15 is 0 Å². The summed E-state index contributed by atoms with van der Waals surface area (Å²) in [5, 5.41) is 30.5. The van der Waals surface area contributed by atoms with Crippen LogP contribution in [0.2, 0.25) is 0 Å². The van der Waals surface area contributed by atoms with Crippen LogP contribution < -0.4 is 27.4 Å². The summed E-state index contributed by atoms with van der Waals surface area (Å²) >= 11 is 0. The zero-order chi connectivity index (χ0) is 30.2. The number of hydrogen-bond donors (Lipinski definition) is 7. The third-order valence-corrected chi connectivity index (χ3v) is 8.32. The molecule has 2 aromatic carbocycles. The van der Waals surface area contributed by atoms with Crippen molar-refractivity contribution in [1.82, 2.24) is 20.9 Å². The maximum absolute atomic E-state index is 13.8. The summed E-state index contributed by atoms with van der Waals surface area (Å²) in [4.78, 5) is 42.0. The molecule has 11 heteroatoms. The first-order valence-corrected chi connectivity index (χ1v) is 14.9. The average molecular weight is 581 g/mol. The van der Waals surface area contributed by atoms with Crippen molar-refractivity contribution in [2.75, 3.05) is 26.7 Å². The van der Waals surface area contributed by atoms with E-state index in [4.69, 9.17) is 11.5 Å². The number of likely N-dealkylation sites (N-methyl/N-ethyl adjacent to an activating group) is 1. The molecule has 3 amide bonds. The van der Waals surface area contributed by atoms with Crippen LogP contribution >= 0.6 is 0 Å². The highest BCUT2D eigenvalue weighted by Crippen LogP contribution is 2.31. The summed E-state index contributed by atoms with van der Waals surface area (Å²) in [7, 11) is 1.54. The zero-order valence-corrected chi connectivity index (χ0v) is 24.3. The number of fused-ring (bicyclic) bond motifs is 5. The number of piperidine rings is 1. The maximum Gasteiger partial charge on any atom is 0.245 e. The van der Waals surface area contributed by atoms with Gasteiger partial charge in [0.05, 0.1) is 6.04 Å². The molecule has 2 aliphatic rings. The van der Waals surface area contributed by atoms with Gasteiger partial charge in [0.1, 0.15) is 23.6 Å². The molecule has 0 aliphatic carbocycles. The van der Waals surface area contributed by atoms with Crippen molar-refractivity contribution < 1.29 is 24.6 Å². The van der Waals surface area contributed by atoms with E-state index in [1.54, 1.807) is 36.4 Å². The molecule has 42 heavy (non-hydrogen) atoms. The Labute approximate surface area is 247 Å². The van der Waals surface area contributed by atoms with Crippen LogP contribution in [0.15, 0.2) is 36.4 Å². The summed E-state index contributed by atoms with van der Waals surface area (Å²) in [5.41, 5.74) is 14.4. The predicted molar refractivity (Wildman–Crippen MR) is 161 cm³/mol. The number of nitrogens with one attached hydrogen (secondary N) is 3. The quantitative estimate of drug-likeness (QED) is 0.252. The molecular formula is C31H44N6O5. The van der Waals surface area contributed by atoms with E-state index < -0.39 is 29.9 Å². The Kier molecular flexibility index (Phi) is 10.8. The van der Waals surface area contributed by atoms with Crippen molar-refractivity contribution in [2.24, 2.45) is 11.5 Å². The molecule has 2 aromatic rings. The Morgan fingerprint density at radius 3 is 2.31 bits per heavy atom. The predicted octanol–water partition coefficient (Wildman–Crippen LogP) is 0.890. The summed E-state index contributed by atoms with van der Waals surface area (Å²) in [6.45, 7) is 1.73. The van der Waals surface area contributed by atoms with Gasteiger partial charge in [0.25, 0.3) is 0 Å². The number of carbonyl (C=O) groups is 3. The van der Waals surface area contributed by atoms with Crippen LogP contribution in [-0.4, -0.2) is 83.7 Å². The van der Waals surface area contributed by atoms with E-state index in [1.165, 1.54) is 11.9 Å². The van der Waals surface area contributed by atoms with Gasteiger partial charge in [-0.15, -0.1) is 0 Å². The molecule has 11 nitrogen and oxygen atoms in total. The minimum atomic E-state index is -1.03. The summed E-state index contributed by atoms with van der Waals surface area (Å²) in [6, 6.07) is 7.51. The van der Waals surface area contributed by atoms with E-state index in [0.29, 0.717) is 36.7 Å². The number of phenols is 2. The fourth-order valence-electron chi connectivity index (χ4n) is 5.72. The lowest BCUT2D eigenvalue weighted by Crippen LogP contribution is -2.57. The van der Waals surface area contributed by atoms with Gasteiger partial charge in [0, 0.05) is 32.5 Å². The Bertz CT molecular complexity index is 1260. The van der Waals surface area contributed by atoms with Gasteiger partial charge in [0.15, 0.2) is 0 Å². The molecule has 2 aliphatic heterocycles. The smallest absolute Gasteiger partial charge is 0.245 e. The Morgan fingerprint density at radius 1 is 1.02 bits per heavy atom. The molecule has 0 saturated carbocycles. The third-order valence-electron chi connectivity index (χ3n) is 8.32. The highest BCUT2D eigenvalue weighted by Gasteiger charge is 2.34. The van der Waals surface area contributed by atoms with E-state index in [9.17, 15) is 24.6 Å². The molecule has 228 valence electrons. The van der Waals surface area contributed by atoms with Gasteiger partial charge in [-0.1, -0.05) is 18.6 Å². The first-order valence-electron chi connectivity index (χ1n) is 14.9. The highest BCUT2D eigenvalue weighted by atomic mass is 16.3. The van der Waals surface area contributed by atoms with Crippen LogP contribution in [-0.2, 0) is 27.2 Å². The van der Waals surface area contributed by atoms with Gasteiger partial charge in [-0.25, -0.2) is 0 Å². The highest BCUT2D eigenvalue weighted by molar-refractivity contribution is 5.93. The average Bonchev–Trinajstić information content (AvgIpc) is 2.99. The fourth-order valence-corrected chi connectivity index (χ4v) is 5.72. The van der Waals surface area contributed by atoms with Gasteiger partial charge >= 0.3 is 0 Å². The van der Waals surface area contributed by atoms with Crippen LogP contribution in [0, 0.1) is 0 Å². The summed E-state index contributed by atoms with van der Waals surface area (Å²) in [5.74, 6) is -1.34. The second kappa shape index (κ2) is 14.5. The summed E-state index contributed by atoms with van der Waals surface area (Å²) < 4.78 is 0. The van der Waals surface area contributed by atoms with Crippen molar-refractivity contribution in [3.8, 4) is 22.6 Å². The number of carbonyl (C=O) groups excluding carboxylic acids is 3. The number of rotatable bonds is 7. The lowest BCUT2D eigenvalue weighted by atomic mass is 9.95. The minimum absolute atomic E-state index is 0.000900. The van der Waals surface area contributed by atoms with Crippen molar-refractivity contribution in [3.05, 3.63) is 47.5 Å². The van der Waals surface area contributed by atoms with Crippen molar-refractivity contribution >= 4 is 17.7 Å². The molecule has 0 aromatic heterocycles. The third kappa shape index (κ3) is 7.78. The SMILES string of the molecule is CN1C(=O)[C@@H](CCCN)NC(=O)[C@@H](N)Cc2cc(ccc2O)-c2ccc(O)c(c2)C[C@@H]1C(=O)NCCC1CCCCN1. The van der Waals surface area contributed by atoms with Crippen LogP contribution in [0.4, 0.5) is 0 Å². The first-order chi connectivity index (χ1) is 20.2. The standard InChI is InChI=1S/C31H44N6O5/c1-37-26(30(41)35-14-11-23-5-2-3-13-34-23)18-22-16-20(8-10-28(22)39)19-7-9-27(38)21(15-19)17-24(33)29(40)36-25(31(37)42)6-4-12-32/h7-10,15-16,23-26,34,38-39H,2-6,11-14,17-18,32-33H2,1H3,(H,35,41)(H,36,40)/t23?,24-,25+,26+/m0/s1. The number of hydrogen-bond acceptors (Lipinski definition) is 8. The second-order valence-electron chi connectivity index (χ2n) is 11.4. The lowest BCUT2D eigenvalue weighted by molar-refractivity contribution is -0.142. The molecule has 4 bridgehead atoms. The number of benzene rings is 2. The number of amides is 3.